The Hall–Kier alpha value is -1.95. The summed E-state index contributed by atoms with van der Waals surface area (Å²) in [6.07, 6.45) is 0.593. The highest BCUT2D eigenvalue weighted by Crippen LogP contribution is 2.18. The van der Waals surface area contributed by atoms with E-state index in [0.717, 1.165) is 5.56 Å². The first-order valence-electron chi connectivity index (χ1n) is 5.92. The molecule has 0 spiro atoms. The van der Waals surface area contributed by atoms with E-state index in [0.29, 0.717) is 17.3 Å². The Kier molecular flexibility index (Phi) is 4.11. The Morgan fingerprint density at radius 1 is 1.42 bits per heavy atom. The van der Waals surface area contributed by atoms with Crippen LogP contribution in [0.25, 0.3) is 11.4 Å². The molecule has 100 valence electrons. The number of amides is 1. The zero-order valence-electron chi connectivity index (χ0n) is 10.7. The molecule has 2 aromatic rings. The number of aromatic nitrogens is 4. The van der Waals surface area contributed by atoms with E-state index in [4.69, 9.17) is 11.6 Å². The zero-order valence-corrected chi connectivity index (χ0v) is 11.4. The quantitative estimate of drug-likeness (QED) is 0.924. The molecule has 6 nitrogen and oxygen atoms in total. The van der Waals surface area contributed by atoms with Crippen LogP contribution < -0.4 is 5.32 Å². The van der Waals surface area contributed by atoms with Crippen molar-refractivity contribution in [3.8, 4) is 11.4 Å². The fourth-order valence-corrected chi connectivity index (χ4v) is 1.82. The molecule has 7 heteroatoms. The number of carbonyl (C=O) groups is 1. The van der Waals surface area contributed by atoms with Crippen molar-refractivity contribution >= 4 is 17.5 Å². The largest absolute Gasteiger partial charge is 0.357 e. The first-order valence-corrected chi connectivity index (χ1v) is 6.30. The number of halogens is 1. The molecule has 0 aliphatic heterocycles. The lowest BCUT2D eigenvalue weighted by Gasteiger charge is -2.10. The van der Waals surface area contributed by atoms with E-state index in [1.807, 2.05) is 19.1 Å². The minimum Gasteiger partial charge on any atom is -0.357 e. The Labute approximate surface area is 115 Å². The average Bonchev–Trinajstić information content (AvgIpc) is 2.89. The van der Waals surface area contributed by atoms with Crippen LogP contribution in [0.1, 0.15) is 19.4 Å². The molecule has 1 unspecified atom stereocenters. The summed E-state index contributed by atoms with van der Waals surface area (Å²) < 4.78 is 0. The standard InChI is InChI=1S/C12H14ClN5O/c1-3-10(12(19)14-2)18-16-11(15-17-18)8-4-6-9(13)7-5-8/h4-7,10H,3H2,1-2H3,(H,14,19). The van der Waals surface area contributed by atoms with Crippen LogP contribution in [0.15, 0.2) is 24.3 Å². The van der Waals surface area contributed by atoms with E-state index >= 15 is 0 Å². The fourth-order valence-electron chi connectivity index (χ4n) is 1.69. The average molecular weight is 280 g/mol. The van der Waals surface area contributed by atoms with E-state index in [-0.39, 0.29) is 5.91 Å². The third-order valence-corrected chi connectivity index (χ3v) is 3.00. The SMILES string of the molecule is CCC(C(=O)NC)n1nnc(-c2ccc(Cl)cc2)n1. The minimum atomic E-state index is -0.446. The van der Waals surface area contributed by atoms with Gasteiger partial charge in [-0.25, -0.2) is 0 Å². The van der Waals surface area contributed by atoms with Crippen molar-refractivity contribution in [2.75, 3.05) is 7.05 Å². The number of hydrogen-bond acceptors (Lipinski definition) is 4. The highest BCUT2D eigenvalue weighted by Gasteiger charge is 2.20. The highest BCUT2D eigenvalue weighted by molar-refractivity contribution is 6.30. The Morgan fingerprint density at radius 2 is 2.11 bits per heavy atom. The molecule has 1 amide bonds. The molecule has 0 bridgehead atoms. The van der Waals surface area contributed by atoms with Crippen LogP contribution in [-0.4, -0.2) is 33.2 Å². The predicted octanol–water partition coefficient (Wildman–Crippen LogP) is 1.69. The van der Waals surface area contributed by atoms with Gasteiger partial charge in [0.2, 0.25) is 11.7 Å². The topological polar surface area (TPSA) is 72.7 Å². The van der Waals surface area contributed by atoms with Gasteiger partial charge < -0.3 is 5.32 Å². The molecule has 0 fully saturated rings. The van der Waals surface area contributed by atoms with E-state index in [2.05, 4.69) is 20.7 Å². The lowest BCUT2D eigenvalue weighted by Crippen LogP contribution is -2.30. The number of hydrogen-bond donors (Lipinski definition) is 1. The lowest BCUT2D eigenvalue weighted by molar-refractivity contribution is -0.124. The van der Waals surface area contributed by atoms with Gasteiger partial charge >= 0.3 is 0 Å². The van der Waals surface area contributed by atoms with E-state index < -0.39 is 6.04 Å². The summed E-state index contributed by atoms with van der Waals surface area (Å²) in [5.41, 5.74) is 0.808. The van der Waals surface area contributed by atoms with Crippen LogP contribution >= 0.6 is 11.6 Å². The smallest absolute Gasteiger partial charge is 0.246 e. The molecule has 19 heavy (non-hydrogen) atoms. The van der Waals surface area contributed by atoms with Gasteiger partial charge in [0.15, 0.2) is 6.04 Å². The number of carbonyl (C=O) groups excluding carboxylic acids is 1. The first-order chi connectivity index (χ1) is 9.15. The molecular formula is C12H14ClN5O. The second kappa shape index (κ2) is 5.79. The summed E-state index contributed by atoms with van der Waals surface area (Å²) in [6, 6.07) is 6.69. The summed E-state index contributed by atoms with van der Waals surface area (Å²) >= 11 is 5.82. The van der Waals surface area contributed by atoms with Gasteiger partial charge in [-0.3, -0.25) is 4.79 Å². The first kappa shape index (κ1) is 13.5. The van der Waals surface area contributed by atoms with Gasteiger partial charge in [0.05, 0.1) is 0 Å². The van der Waals surface area contributed by atoms with E-state index in [9.17, 15) is 4.79 Å². The molecule has 1 heterocycles. The van der Waals surface area contributed by atoms with Crippen molar-refractivity contribution in [3.05, 3.63) is 29.3 Å². The molecule has 2 rings (SSSR count). The normalized spacial score (nSPS) is 12.2. The number of rotatable bonds is 4. The maximum absolute atomic E-state index is 11.7. The number of tetrazole rings is 1. The van der Waals surface area contributed by atoms with Crippen molar-refractivity contribution in [3.63, 3.8) is 0 Å². The maximum Gasteiger partial charge on any atom is 0.246 e. The number of likely N-dealkylation sites (N-methyl/N-ethyl adjacent to an activating group) is 1. The second-order valence-electron chi connectivity index (χ2n) is 3.98. The van der Waals surface area contributed by atoms with Gasteiger partial charge in [0, 0.05) is 17.6 Å². The molecule has 1 N–H and O–H groups in total. The summed E-state index contributed by atoms with van der Waals surface area (Å²) in [5, 5.41) is 15.4. The van der Waals surface area contributed by atoms with Crippen LogP contribution in [0.2, 0.25) is 5.02 Å². The van der Waals surface area contributed by atoms with Crippen LogP contribution in [0, 0.1) is 0 Å². The molecule has 0 aliphatic rings. The minimum absolute atomic E-state index is 0.137. The Balaban J connectivity index is 2.27. The van der Waals surface area contributed by atoms with Crippen molar-refractivity contribution in [1.82, 2.24) is 25.5 Å². The van der Waals surface area contributed by atoms with Gasteiger partial charge in [0.25, 0.3) is 0 Å². The predicted molar refractivity (Wildman–Crippen MR) is 71.7 cm³/mol. The summed E-state index contributed by atoms with van der Waals surface area (Å²) in [6.45, 7) is 1.89. The molecule has 0 saturated carbocycles. The third kappa shape index (κ3) is 2.90. The van der Waals surface area contributed by atoms with Gasteiger partial charge in [-0.15, -0.1) is 10.2 Å². The number of nitrogens with one attached hydrogen (secondary N) is 1. The van der Waals surface area contributed by atoms with Crippen LogP contribution in [0.4, 0.5) is 0 Å². The number of benzene rings is 1. The summed E-state index contributed by atoms with van der Waals surface area (Å²) in [5.74, 6) is 0.335. The van der Waals surface area contributed by atoms with Crippen molar-refractivity contribution in [2.24, 2.45) is 0 Å². The van der Waals surface area contributed by atoms with Gasteiger partial charge in [-0.05, 0) is 35.9 Å². The van der Waals surface area contributed by atoms with E-state index in [1.165, 1.54) is 4.80 Å². The van der Waals surface area contributed by atoms with Crippen LogP contribution in [0.5, 0.6) is 0 Å². The van der Waals surface area contributed by atoms with Crippen molar-refractivity contribution in [2.45, 2.75) is 19.4 Å². The van der Waals surface area contributed by atoms with E-state index in [1.54, 1.807) is 19.2 Å². The molecule has 0 aliphatic carbocycles. The van der Waals surface area contributed by atoms with Crippen LogP contribution in [0.3, 0.4) is 0 Å². The van der Waals surface area contributed by atoms with Crippen molar-refractivity contribution < 1.29 is 4.79 Å². The second-order valence-corrected chi connectivity index (χ2v) is 4.42. The molecule has 1 atom stereocenters. The Bertz CT molecular complexity index is 566. The monoisotopic (exact) mass is 279 g/mol. The van der Waals surface area contributed by atoms with Crippen molar-refractivity contribution in [1.29, 1.82) is 0 Å². The lowest BCUT2D eigenvalue weighted by atomic mass is 10.2. The summed E-state index contributed by atoms with van der Waals surface area (Å²) in [4.78, 5) is 13.0. The third-order valence-electron chi connectivity index (χ3n) is 2.75. The molecule has 0 radical (unpaired) electrons. The van der Waals surface area contributed by atoms with Gasteiger partial charge in [-0.1, -0.05) is 18.5 Å². The summed E-state index contributed by atoms with van der Waals surface area (Å²) in [7, 11) is 1.59. The Morgan fingerprint density at radius 3 is 2.68 bits per heavy atom. The maximum atomic E-state index is 11.7. The number of nitrogens with zero attached hydrogens (tertiary/aromatic N) is 4. The highest BCUT2D eigenvalue weighted by atomic mass is 35.5. The molecule has 1 aromatic heterocycles. The molecule has 1 aromatic carbocycles. The van der Waals surface area contributed by atoms with Gasteiger partial charge in [0.1, 0.15) is 0 Å². The van der Waals surface area contributed by atoms with Gasteiger partial charge in [-0.2, -0.15) is 4.80 Å². The fraction of sp³-hybridized carbons (Fsp3) is 0.333. The van der Waals surface area contributed by atoms with Crippen LogP contribution in [-0.2, 0) is 4.79 Å². The molecule has 0 saturated heterocycles. The zero-order chi connectivity index (χ0) is 13.8. The molecular weight excluding hydrogens is 266 g/mol.